The molecule has 0 fully saturated rings. The molecule has 11 heteroatoms. The van der Waals surface area contributed by atoms with Crippen LogP contribution in [0.2, 0.25) is 5.02 Å². The minimum Gasteiger partial charge on any atom is -0.438 e. The first-order chi connectivity index (χ1) is 15.9. The van der Waals surface area contributed by atoms with Gasteiger partial charge in [0.2, 0.25) is 5.76 Å². The number of hydrogen-bond acceptors (Lipinski definition) is 7. The number of hydrogen-bond donors (Lipinski definition) is 1. The van der Waals surface area contributed by atoms with Crippen molar-refractivity contribution in [2.24, 2.45) is 0 Å². The second kappa shape index (κ2) is 8.14. The van der Waals surface area contributed by atoms with E-state index >= 15 is 0 Å². The zero-order valence-electron chi connectivity index (χ0n) is 17.7. The lowest BCUT2D eigenvalue weighted by atomic mass is 10.1. The molecule has 2 amide bonds. The second-order valence-electron chi connectivity index (χ2n) is 7.63. The molecule has 10 nitrogen and oxygen atoms in total. The Morgan fingerprint density at radius 3 is 2.82 bits per heavy atom. The number of aromatic nitrogens is 5. The smallest absolute Gasteiger partial charge is 0.294 e. The van der Waals surface area contributed by atoms with Crippen LogP contribution in [0.1, 0.15) is 50.6 Å². The van der Waals surface area contributed by atoms with Crippen LogP contribution in [0.5, 0.6) is 0 Å². The molecule has 0 aromatic carbocycles. The number of halogens is 1. The molecule has 0 saturated carbocycles. The fourth-order valence-corrected chi connectivity index (χ4v) is 3.96. The highest BCUT2D eigenvalue weighted by molar-refractivity contribution is 6.30. The van der Waals surface area contributed by atoms with Crippen molar-refractivity contribution in [3.8, 4) is 5.82 Å². The van der Waals surface area contributed by atoms with Crippen LogP contribution in [0.3, 0.4) is 0 Å². The van der Waals surface area contributed by atoms with Crippen molar-refractivity contribution in [1.82, 2.24) is 29.6 Å². The summed E-state index contributed by atoms with van der Waals surface area (Å²) >= 11 is 5.97. The zero-order chi connectivity index (χ0) is 23.1. The molecule has 0 radical (unpaired) electrons. The topological polar surface area (TPSA) is 119 Å². The molecule has 1 unspecified atom stereocenters. The van der Waals surface area contributed by atoms with E-state index in [-0.39, 0.29) is 17.7 Å². The van der Waals surface area contributed by atoms with E-state index < -0.39 is 5.91 Å². The Hall–Kier alpha value is -4.05. The van der Waals surface area contributed by atoms with Gasteiger partial charge in [-0.05, 0) is 37.1 Å². The summed E-state index contributed by atoms with van der Waals surface area (Å²) in [4.78, 5) is 39.8. The number of pyridine rings is 2. The minimum absolute atomic E-state index is 0.0593. The zero-order valence-corrected chi connectivity index (χ0v) is 18.4. The summed E-state index contributed by atoms with van der Waals surface area (Å²) in [6.45, 7) is 4.16. The molecule has 1 aliphatic heterocycles. The monoisotopic (exact) mass is 463 g/mol. The third-order valence-corrected chi connectivity index (χ3v) is 5.75. The van der Waals surface area contributed by atoms with Crippen LogP contribution < -0.4 is 5.32 Å². The molecule has 0 aliphatic carbocycles. The highest BCUT2D eigenvalue weighted by Gasteiger charge is 2.34. The van der Waals surface area contributed by atoms with Gasteiger partial charge in [0, 0.05) is 23.5 Å². The molecule has 0 spiro atoms. The predicted octanol–water partition coefficient (Wildman–Crippen LogP) is 3.58. The van der Waals surface area contributed by atoms with Crippen molar-refractivity contribution in [1.29, 1.82) is 0 Å². The average Bonchev–Trinajstić information content (AvgIpc) is 3.55. The van der Waals surface area contributed by atoms with Gasteiger partial charge in [-0.25, -0.2) is 19.6 Å². The predicted molar refractivity (Wildman–Crippen MR) is 118 cm³/mol. The first-order valence-corrected chi connectivity index (χ1v) is 10.5. The van der Waals surface area contributed by atoms with Crippen LogP contribution in [0, 0.1) is 6.92 Å². The van der Waals surface area contributed by atoms with E-state index in [1.165, 1.54) is 18.8 Å². The summed E-state index contributed by atoms with van der Waals surface area (Å²) in [5.41, 5.74) is 2.91. The lowest BCUT2D eigenvalue weighted by Crippen LogP contribution is -2.27. The summed E-state index contributed by atoms with van der Waals surface area (Å²) < 4.78 is 6.64. The SMILES string of the molecule is Cc1cc(C(C)N2Cc3c(ccnc3NC(=O)c3cnco3)C2=O)cnc1-n1cc(Cl)cn1. The van der Waals surface area contributed by atoms with Crippen LogP contribution >= 0.6 is 11.6 Å². The molecular weight excluding hydrogens is 446 g/mol. The number of carbonyl (C=O) groups excluding carboxylic acids is 2. The molecule has 1 aliphatic rings. The van der Waals surface area contributed by atoms with Crippen molar-refractivity contribution in [3.63, 3.8) is 0 Å². The number of fused-ring (bicyclic) bond motifs is 1. The largest absolute Gasteiger partial charge is 0.438 e. The summed E-state index contributed by atoms with van der Waals surface area (Å²) in [6, 6.07) is 3.37. The molecule has 4 aromatic rings. The molecule has 5 heterocycles. The quantitative estimate of drug-likeness (QED) is 0.480. The Labute approximate surface area is 193 Å². The number of nitrogens with zero attached hydrogens (tertiary/aromatic N) is 6. The number of anilines is 1. The Morgan fingerprint density at radius 2 is 2.12 bits per heavy atom. The Balaban J connectivity index is 1.39. The molecule has 0 saturated heterocycles. The van der Waals surface area contributed by atoms with E-state index in [0.717, 1.165) is 11.1 Å². The van der Waals surface area contributed by atoms with Gasteiger partial charge in [-0.15, -0.1) is 0 Å². The number of oxazole rings is 1. The number of amides is 2. The minimum atomic E-state index is -0.485. The Morgan fingerprint density at radius 1 is 1.27 bits per heavy atom. The van der Waals surface area contributed by atoms with Gasteiger partial charge < -0.3 is 14.6 Å². The van der Waals surface area contributed by atoms with Gasteiger partial charge in [-0.1, -0.05) is 11.6 Å². The van der Waals surface area contributed by atoms with Gasteiger partial charge in [0.15, 0.2) is 12.2 Å². The van der Waals surface area contributed by atoms with Gasteiger partial charge in [-0.3, -0.25) is 9.59 Å². The first kappa shape index (κ1) is 20.8. The van der Waals surface area contributed by atoms with Crippen LogP contribution in [-0.2, 0) is 6.54 Å². The van der Waals surface area contributed by atoms with Crippen LogP contribution in [-0.4, -0.2) is 41.4 Å². The van der Waals surface area contributed by atoms with Crippen molar-refractivity contribution in [2.45, 2.75) is 26.4 Å². The van der Waals surface area contributed by atoms with Crippen molar-refractivity contribution >= 4 is 29.2 Å². The molecule has 1 N–H and O–H groups in total. The third kappa shape index (κ3) is 3.74. The number of aryl methyl sites for hydroxylation is 1. The average molecular weight is 464 g/mol. The van der Waals surface area contributed by atoms with E-state index in [4.69, 9.17) is 16.0 Å². The van der Waals surface area contributed by atoms with E-state index in [9.17, 15) is 9.59 Å². The number of rotatable bonds is 5. The summed E-state index contributed by atoms with van der Waals surface area (Å²) in [5, 5.41) is 7.42. The molecule has 5 rings (SSSR count). The number of nitrogens with one attached hydrogen (secondary N) is 1. The van der Waals surface area contributed by atoms with Crippen LogP contribution in [0.25, 0.3) is 5.82 Å². The molecule has 0 bridgehead atoms. The Kier molecular flexibility index (Phi) is 5.14. The molecule has 33 heavy (non-hydrogen) atoms. The lowest BCUT2D eigenvalue weighted by molar-refractivity contribution is 0.0715. The summed E-state index contributed by atoms with van der Waals surface area (Å²) in [6.07, 6.45) is 8.94. The van der Waals surface area contributed by atoms with Gasteiger partial charge in [0.25, 0.3) is 11.8 Å². The van der Waals surface area contributed by atoms with E-state index in [1.807, 2.05) is 19.9 Å². The van der Waals surface area contributed by atoms with E-state index in [2.05, 4.69) is 25.4 Å². The normalized spacial score (nSPS) is 13.8. The summed E-state index contributed by atoms with van der Waals surface area (Å²) in [5.74, 6) is 0.411. The van der Waals surface area contributed by atoms with Gasteiger partial charge >= 0.3 is 0 Å². The number of carbonyl (C=O) groups is 2. The summed E-state index contributed by atoms with van der Waals surface area (Å²) in [7, 11) is 0. The van der Waals surface area contributed by atoms with E-state index in [1.54, 1.807) is 34.2 Å². The van der Waals surface area contributed by atoms with Gasteiger partial charge in [0.05, 0.1) is 36.2 Å². The Bertz CT molecular complexity index is 1370. The molecule has 1 atom stereocenters. The maximum absolute atomic E-state index is 13.2. The third-order valence-electron chi connectivity index (χ3n) is 5.55. The second-order valence-corrected chi connectivity index (χ2v) is 8.06. The fraction of sp³-hybridized carbons (Fsp3) is 0.182. The highest BCUT2D eigenvalue weighted by atomic mass is 35.5. The van der Waals surface area contributed by atoms with Crippen molar-refractivity contribution in [3.05, 3.63) is 82.5 Å². The van der Waals surface area contributed by atoms with E-state index in [0.29, 0.717) is 34.3 Å². The fourth-order valence-electron chi connectivity index (χ4n) is 3.82. The maximum atomic E-state index is 13.2. The standard InChI is InChI=1S/C22H18ClN7O3/c1-12-5-14(6-26-20(12)30-9-15(23)7-27-30)13(2)29-10-17-16(22(29)32)3-4-25-19(17)28-21(31)18-8-24-11-33-18/h3-9,11,13H,10H2,1-2H3,(H,25,28,31). The molecule has 166 valence electrons. The maximum Gasteiger partial charge on any atom is 0.294 e. The van der Waals surface area contributed by atoms with Crippen molar-refractivity contribution in [2.75, 3.05) is 5.32 Å². The van der Waals surface area contributed by atoms with Gasteiger partial charge in [-0.2, -0.15) is 5.10 Å². The first-order valence-electron chi connectivity index (χ1n) is 10.1. The van der Waals surface area contributed by atoms with Crippen molar-refractivity contribution < 1.29 is 14.0 Å². The van der Waals surface area contributed by atoms with Crippen LogP contribution in [0.4, 0.5) is 5.82 Å². The lowest BCUT2D eigenvalue weighted by Gasteiger charge is -2.25. The van der Waals surface area contributed by atoms with Gasteiger partial charge in [0.1, 0.15) is 5.82 Å². The molecule has 4 aromatic heterocycles. The molecular formula is C22H18ClN7O3. The highest BCUT2D eigenvalue weighted by Crippen LogP contribution is 2.34. The van der Waals surface area contributed by atoms with Crippen LogP contribution in [0.15, 0.2) is 53.9 Å².